The van der Waals surface area contributed by atoms with Crippen LogP contribution in [-0.2, 0) is 7.05 Å². The normalized spacial score (nSPS) is 11.6. The molecule has 1 heterocycles. The van der Waals surface area contributed by atoms with Crippen molar-refractivity contribution in [3.05, 3.63) is 35.1 Å². The van der Waals surface area contributed by atoms with E-state index in [1.807, 2.05) is 0 Å². The van der Waals surface area contributed by atoms with E-state index in [9.17, 15) is 0 Å². The summed E-state index contributed by atoms with van der Waals surface area (Å²) >= 11 is 5.98. The maximum absolute atomic E-state index is 8.72. The summed E-state index contributed by atoms with van der Waals surface area (Å²) in [5.41, 5.74) is 5.83. The predicted molar refractivity (Wildman–Crippen MR) is 65.0 cm³/mol. The van der Waals surface area contributed by atoms with Crippen LogP contribution in [0.3, 0.4) is 0 Å². The van der Waals surface area contributed by atoms with Crippen LogP contribution in [-0.4, -0.2) is 25.8 Å². The lowest BCUT2D eigenvalue weighted by Crippen LogP contribution is -2.15. The van der Waals surface area contributed by atoms with Gasteiger partial charge in [-0.15, -0.1) is 5.10 Å². The number of hydrogen-bond acceptors (Lipinski definition) is 5. The Hall–Kier alpha value is -2.28. The van der Waals surface area contributed by atoms with E-state index in [-0.39, 0.29) is 17.4 Å². The Kier molecular flexibility index (Phi) is 3.33. The number of oxime groups is 1. The van der Waals surface area contributed by atoms with Crippen LogP contribution < -0.4 is 10.5 Å². The van der Waals surface area contributed by atoms with Gasteiger partial charge in [0.05, 0.1) is 10.6 Å². The molecule has 1 aromatic heterocycles. The molecule has 3 N–H and O–H groups in total. The topological polar surface area (TPSA) is 98.6 Å². The van der Waals surface area contributed by atoms with Gasteiger partial charge in [-0.2, -0.15) is 4.98 Å². The molecule has 0 bridgehead atoms. The molecular formula is C10H10ClN5O2. The highest BCUT2D eigenvalue weighted by Crippen LogP contribution is 2.28. The Bertz CT molecular complexity index is 596. The van der Waals surface area contributed by atoms with Crippen molar-refractivity contribution in [3.8, 4) is 11.8 Å². The minimum atomic E-state index is -0.147. The van der Waals surface area contributed by atoms with E-state index in [4.69, 9.17) is 27.3 Å². The Morgan fingerprint density at radius 2 is 2.33 bits per heavy atom. The quantitative estimate of drug-likeness (QED) is 0.379. The Labute approximate surface area is 107 Å². The third-order valence-electron chi connectivity index (χ3n) is 2.12. The lowest BCUT2D eigenvalue weighted by molar-refractivity contribution is 0.318. The second-order valence-electron chi connectivity index (χ2n) is 3.40. The van der Waals surface area contributed by atoms with Gasteiger partial charge in [-0.1, -0.05) is 22.8 Å². The molecule has 0 aliphatic heterocycles. The van der Waals surface area contributed by atoms with Gasteiger partial charge in [0.25, 0.3) is 0 Å². The first kappa shape index (κ1) is 12.2. The number of halogens is 1. The molecule has 7 nitrogen and oxygen atoms in total. The lowest BCUT2D eigenvalue weighted by atomic mass is 10.2. The first-order valence-corrected chi connectivity index (χ1v) is 5.29. The largest absolute Gasteiger partial charge is 0.422 e. The van der Waals surface area contributed by atoms with Gasteiger partial charge in [0.2, 0.25) is 0 Å². The third-order valence-corrected chi connectivity index (χ3v) is 2.43. The van der Waals surface area contributed by atoms with E-state index in [0.717, 1.165) is 0 Å². The average Bonchev–Trinajstić information content (AvgIpc) is 2.74. The fraction of sp³-hybridized carbons (Fsp3) is 0.100. The summed E-state index contributed by atoms with van der Waals surface area (Å²) in [5.74, 6) is 0.163. The molecule has 0 unspecified atom stereocenters. The van der Waals surface area contributed by atoms with Crippen molar-refractivity contribution in [2.24, 2.45) is 17.9 Å². The maximum atomic E-state index is 8.72. The first-order chi connectivity index (χ1) is 8.61. The molecule has 0 fully saturated rings. The van der Waals surface area contributed by atoms with Crippen molar-refractivity contribution in [3.63, 3.8) is 0 Å². The molecule has 0 aliphatic rings. The van der Waals surface area contributed by atoms with E-state index in [2.05, 4.69) is 15.2 Å². The number of aryl methyl sites for hydroxylation is 1. The number of nitrogens with zero attached hydrogens (tertiary/aromatic N) is 4. The molecule has 2 rings (SSSR count). The highest BCUT2D eigenvalue weighted by Gasteiger charge is 2.14. The molecule has 0 amide bonds. The van der Waals surface area contributed by atoms with Crippen LogP contribution in [0.15, 0.2) is 29.7 Å². The van der Waals surface area contributed by atoms with Gasteiger partial charge in [0.1, 0.15) is 12.1 Å². The number of amidine groups is 1. The zero-order chi connectivity index (χ0) is 13.1. The average molecular weight is 268 g/mol. The third kappa shape index (κ3) is 2.35. The van der Waals surface area contributed by atoms with Gasteiger partial charge in [0, 0.05) is 7.05 Å². The van der Waals surface area contributed by atoms with Gasteiger partial charge in [-0.05, 0) is 12.1 Å². The molecule has 0 aliphatic carbocycles. The molecule has 2 aromatic rings. The number of nitrogens with two attached hydrogens (primary N) is 1. The van der Waals surface area contributed by atoms with Crippen molar-refractivity contribution in [1.29, 1.82) is 0 Å². The maximum Gasteiger partial charge on any atom is 0.341 e. The number of rotatable bonds is 3. The highest BCUT2D eigenvalue weighted by atomic mass is 35.5. The molecule has 94 valence electrons. The standard InChI is InChI=1S/C10H10ClN5O2/c1-16-5-13-10(14-16)18-7-4-2-3-6(11)8(7)9(12)15-17/h2-5,17H,1H3,(H2,12,15). The van der Waals surface area contributed by atoms with Crippen molar-refractivity contribution in [1.82, 2.24) is 14.8 Å². The van der Waals surface area contributed by atoms with Crippen LogP contribution in [0.5, 0.6) is 11.8 Å². The summed E-state index contributed by atoms with van der Waals surface area (Å²) in [4.78, 5) is 3.91. The molecule has 1 aromatic carbocycles. The fourth-order valence-corrected chi connectivity index (χ4v) is 1.62. The van der Waals surface area contributed by atoms with Crippen molar-refractivity contribution < 1.29 is 9.94 Å². The monoisotopic (exact) mass is 267 g/mol. The summed E-state index contributed by atoms with van der Waals surface area (Å²) in [5, 5.41) is 15.9. The van der Waals surface area contributed by atoms with E-state index >= 15 is 0 Å². The van der Waals surface area contributed by atoms with E-state index in [1.54, 1.807) is 25.2 Å². The zero-order valence-corrected chi connectivity index (χ0v) is 10.2. The zero-order valence-electron chi connectivity index (χ0n) is 9.41. The van der Waals surface area contributed by atoms with E-state index < -0.39 is 0 Å². The molecule has 8 heteroatoms. The van der Waals surface area contributed by atoms with Gasteiger partial charge in [-0.3, -0.25) is 4.68 Å². The fourth-order valence-electron chi connectivity index (χ4n) is 1.35. The van der Waals surface area contributed by atoms with Gasteiger partial charge in [-0.25, -0.2) is 0 Å². The van der Waals surface area contributed by atoms with E-state index in [0.29, 0.717) is 10.8 Å². The van der Waals surface area contributed by atoms with Gasteiger partial charge in [0.15, 0.2) is 5.84 Å². The molecule has 0 saturated carbocycles. The van der Waals surface area contributed by atoms with Gasteiger partial charge < -0.3 is 15.7 Å². The number of aromatic nitrogens is 3. The summed E-state index contributed by atoms with van der Waals surface area (Å²) < 4.78 is 6.92. The van der Waals surface area contributed by atoms with Crippen LogP contribution in [0.1, 0.15) is 5.56 Å². The lowest BCUT2D eigenvalue weighted by Gasteiger charge is -2.08. The smallest absolute Gasteiger partial charge is 0.341 e. The highest BCUT2D eigenvalue weighted by molar-refractivity contribution is 6.34. The van der Waals surface area contributed by atoms with Crippen molar-refractivity contribution in [2.75, 3.05) is 0 Å². The minimum Gasteiger partial charge on any atom is -0.422 e. The Morgan fingerprint density at radius 3 is 2.94 bits per heavy atom. The summed E-state index contributed by atoms with van der Waals surface area (Å²) in [7, 11) is 1.71. The SMILES string of the molecule is Cn1cnc(Oc2cccc(Cl)c2/C(N)=N/O)n1. The molecule has 18 heavy (non-hydrogen) atoms. The van der Waals surface area contributed by atoms with Crippen LogP contribution >= 0.6 is 11.6 Å². The molecule has 0 saturated heterocycles. The summed E-state index contributed by atoms with van der Waals surface area (Å²) in [6, 6.07) is 5.05. The van der Waals surface area contributed by atoms with Crippen LogP contribution in [0.2, 0.25) is 5.02 Å². The molecule has 0 radical (unpaired) electrons. The Morgan fingerprint density at radius 1 is 1.56 bits per heavy atom. The van der Waals surface area contributed by atoms with Crippen LogP contribution in [0.4, 0.5) is 0 Å². The van der Waals surface area contributed by atoms with Crippen LogP contribution in [0.25, 0.3) is 0 Å². The summed E-state index contributed by atoms with van der Waals surface area (Å²) in [6.45, 7) is 0. The van der Waals surface area contributed by atoms with Crippen molar-refractivity contribution >= 4 is 17.4 Å². The number of ether oxygens (including phenoxy) is 1. The van der Waals surface area contributed by atoms with Crippen LogP contribution in [0, 0.1) is 0 Å². The summed E-state index contributed by atoms with van der Waals surface area (Å²) in [6.07, 6.45) is 1.49. The van der Waals surface area contributed by atoms with E-state index in [1.165, 1.54) is 11.0 Å². The van der Waals surface area contributed by atoms with Crippen molar-refractivity contribution in [2.45, 2.75) is 0 Å². The first-order valence-electron chi connectivity index (χ1n) is 4.91. The minimum absolute atomic E-state index is 0.145. The second kappa shape index (κ2) is 4.92. The molecular weight excluding hydrogens is 258 g/mol. The number of hydrogen-bond donors (Lipinski definition) is 2. The molecule has 0 atom stereocenters. The van der Waals surface area contributed by atoms with Gasteiger partial charge >= 0.3 is 6.01 Å². The number of benzene rings is 1. The second-order valence-corrected chi connectivity index (χ2v) is 3.81. The Balaban J connectivity index is 2.41. The predicted octanol–water partition coefficient (Wildman–Crippen LogP) is 1.36. The molecule has 0 spiro atoms.